The zero-order valence-electron chi connectivity index (χ0n) is 12.3. The van der Waals surface area contributed by atoms with Crippen LogP contribution >= 0.6 is 11.8 Å². The Morgan fingerprint density at radius 2 is 1.90 bits per heavy atom. The van der Waals surface area contributed by atoms with Crippen molar-refractivity contribution in [3.63, 3.8) is 0 Å². The zero-order chi connectivity index (χ0) is 15.2. The number of benzene rings is 1. The number of nitrogens with two attached hydrogens (primary N) is 1. The van der Waals surface area contributed by atoms with E-state index >= 15 is 0 Å². The van der Waals surface area contributed by atoms with Crippen LogP contribution in [-0.2, 0) is 0 Å². The molecule has 5 heteroatoms. The minimum Gasteiger partial charge on any atom is -0.366 e. The van der Waals surface area contributed by atoms with Crippen molar-refractivity contribution in [2.24, 2.45) is 5.73 Å². The van der Waals surface area contributed by atoms with Crippen LogP contribution < -0.4 is 11.1 Å². The number of carbonyl (C=O) groups excluding carboxylic acids is 2. The number of nitrogens with one attached hydrogen (secondary N) is 1. The van der Waals surface area contributed by atoms with E-state index in [9.17, 15) is 9.59 Å². The highest BCUT2D eigenvalue weighted by molar-refractivity contribution is 7.99. The van der Waals surface area contributed by atoms with Gasteiger partial charge in [-0.2, -0.15) is 11.8 Å². The maximum atomic E-state index is 12.2. The van der Waals surface area contributed by atoms with Gasteiger partial charge >= 0.3 is 0 Å². The lowest BCUT2D eigenvalue weighted by Gasteiger charge is -2.29. The molecule has 0 unspecified atom stereocenters. The fraction of sp³-hybridized carbons (Fsp3) is 0.500. The van der Waals surface area contributed by atoms with E-state index in [2.05, 4.69) is 12.2 Å². The molecule has 3 N–H and O–H groups in total. The summed E-state index contributed by atoms with van der Waals surface area (Å²) in [6.45, 7) is 2.17. The molecule has 0 spiro atoms. The average Bonchev–Trinajstić information content (AvgIpc) is 2.48. The Hall–Kier alpha value is -1.49. The summed E-state index contributed by atoms with van der Waals surface area (Å²) in [7, 11) is 0. The van der Waals surface area contributed by atoms with Gasteiger partial charge in [-0.1, -0.05) is 13.3 Å². The number of primary amides is 1. The quantitative estimate of drug-likeness (QED) is 0.878. The van der Waals surface area contributed by atoms with Crippen molar-refractivity contribution in [3.8, 4) is 0 Å². The summed E-state index contributed by atoms with van der Waals surface area (Å²) in [5, 5.41) is 3.76. The minimum absolute atomic E-state index is 0.0711. The van der Waals surface area contributed by atoms with Crippen LogP contribution in [0.1, 0.15) is 53.3 Å². The van der Waals surface area contributed by atoms with Gasteiger partial charge in [0.1, 0.15) is 0 Å². The topological polar surface area (TPSA) is 72.2 Å². The molecule has 1 saturated carbocycles. The van der Waals surface area contributed by atoms with E-state index in [0.29, 0.717) is 16.4 Å². The second-order valence-corrected chi connectivity index (χ2v) is 6.93. The lowest BCUT2D eigenvalue weighted by molar-refractivity contribution is 0.0926. The highest BCUT2D eigenvalue weighted by Crippen LogP contribution is 2.28. The van der Waals surface area contributed by atoms with Crippen LogP contribution in [0.2, 0.25) is 0 Å². The number of thioether (sulfide) groups is 1. The van der Waals surface area contributed by atoms with Gasteiger partial charge in [-0.3, -0.25) is 9.59 Å². The standard InChI is InChI=1S/C16H22N2O2S/c1-2-21-14-5-3-4-13(10-14)18-16(20)12-8-6-11(7-9-12)15(17)19/h6-9,13-14H,2-5,10H2,1H3,(H2,17,19)(H,18,20)/t13-,14-/m0/s1. The summed E-state index contributed by atoms with van der Waals surface area (Å²) in [6, 6.07) is 6.74. The zero-order valence-corrected chi connectivity index (χ0v) is 13.1. The van der Waals surface area contributed by atoms with E-state index in [0.717, 1.165) is 18.6 Å². The monoisotopic (exact) mass is 306 g/mol. The van der Waals surface area contributed by atoms with Gasteiger partial charge in [-0.05, 0) is 49.3 Å². The Bertz CT molecular complexity index is 500. The van der Waals surface area contributed by atoms with Gasteiger partial charge in [0, 0.05) is 22.4 Å². The summed E-state index contributed by atoms with van der Waals surface area (Å²) < 4.78 is 0. The van der Waals surface area contributed by atoms with Crippen molar-refractivity contribution in [1.29, 1.82) is 0 Å². The van der Waals surface area contributed by atoms with Crippen LogP contribution in [0.4, 0.5) is 0 Å². The third kappa shape index (κ3) is 4.49. The van der Waals surface area contributed by atoms with Crippen molar-refractivity contribution in [2.45, 2.75) is 43.9 Å². The summed E-state index contributed by atoms with van der Waals surface area (Å²) in [6.07, 6.45) is 4.51. The van der Waals surface area contributed by atoms with Crippen LogP contribution in [0.3, 0.4) is 0 Å². The van der Waals surface area contributed by atoms with Crippen LogP contribution in [0.15, 0.2) is 24.3 Å². The predicted octanol–water partition coefficient (Wildman–Crippen LogP) is 2.58. The average molecular weight is 306 g/mol. The first-order chi connectivity index (χ1) is 10.1. The van der Waals surface area contributed by atoms with Crippen LogP contribution in [0.5, 0.6) is 0 Å². The molecule has 21 heavy (non-hydrogen) atoms. The minimum atomic E-state index is -0.478. The molecule has 1 aromatic rings. The van der Waals surface area contributed by atoms with Gasteiger partial charge in [0.2, 0.25) is 5.91 Å². The van der Waals surface area contributed by atoms with Gasteiger partial charge in [0.25, 0.3) is 5.91 Å². The Kier molecular flexibility index (Phi) is 5.67. The summed E-state index contributed by atoms with van der Waals surface area (Å²) >= 11 is 1.98. The van der Waals surface area contributed by atoms with Gasteiger partial charge in [-0.15, -0.1) is 0 Å². The molecular weight excluding hydrogens is 284 g/mol. The highest BCUT2D eigenvalue weighted by atomic mass is 32.2. The van der Waals surface area contributed by atoms with Crippen molar-refractivity contribution in [2.75, 3.05) is 5.75 Å². The first kappa shape index (κ1) is 15.9. The first-order valence-corrected chi connectivity index (χ1v) is 8.47. The van der Waals surface area contributed by atoms with Crippen LogP contribution in [0.25, 0.3) is 0 Å². The van der Waals surface area contributed by atoms with E-state index in [4.69, 9.17) is 5.73 Å². The second kappa shape index (κ2) is 7.50. The number of rotatable bonds is 5. The summed E-state index contributed by atoms with van der Waals surface area (Å²) in [5.74, 6) is 0.576. The molecule has 1 aromatic carbocycles. The second-order valence-electron chi connectivity index (χ2n) is 5.36. The molecule has 4 nitrogen and oxygen atoms in total. The van der Waals surface area contributed by atoms with Crippen molar-refractivity contribution in [3.05, 3.63) is 35.4 Å². The number of carbonyl (C=O) groups is 2. The Morgan fingerprint density at radius 3 is 2.52 bits per heavy atom. The van der Waals surface area contributed by atoms with Gasteiger partial charge < -0.3 is 11.1 Å². The first-order valence-electron chi connectivity index (χ1n) is 7.42. The third-order valence-corrected chi connectivity index (χ3v) is 5.03. The molecule has 2 atom stereocenters. The molecule has 1 aliphatic rings. The normalized spacial score (nSPS) is 21.8. The Labute approximate surface area is 129 Å². The van der Waals surface area contributed by atoms with Crippen molar-refractivity contribution in [1.82, 2.24) is 5.32 Å². The molecule has 1 aliphatic carbocycles. The molecule has 0 saturated heterocycles. The number of hydrogen-bond acceptors (Lipinski definition) is 3. The molecule has 0 aliphatic heterocycles. The smallest absolute Gasteiger partial charge is 0.251 e. The third-order valence-electron chi connectivity index (χ3n) is 3.80. The van der Waals surface area contributed by atoms with Crippen LogP contribution in [0, 0.1) is 0 Å². The largest absolute Gasteiger partial charge is 0.366 e. The lowest BCUT2D eigenvalue weighted by atomic mass is 9.94. The predicted molar refractivity (Wildman–Crippen MR) is 86.6 cm³/mol. The fourth-order valence-electron chi connectivity index (χ4n) is 2.72. The molecule has 0 aromatic heterocycles. The summed E-state index contributed by atoms with van der Waals surface area (Å²) in [4.78, 5) is 23.2. The Balaban J connectivity index is 1.92. The van der Waals surface area contributed by atoms with Crippen molar-refractivity contribution < 1.29 is 9.59 Å². The maximum absolute atomic E-state index is 12.2. The van der Waals surface area contributed by atoms with Crippen LogP contribution in [-0.4, -0.2) is 28.9 Å². The Morgan fingerprint density at radius 1 is 1.24 bits per heavy atom. The molecule has 2 amide bonds. The molecule has 1 fully saturated rings. The molecule has 2 rings (SSSR count). The van der Waals surface area contributed by atoms with Gasteiger partial charge in [-0.25, -0.2) is 0 Å². The van der Waals surface area contributed by atoms with E-state index < -0.39 is 5.91 Å². The molecule has 0 bridgehead atoms. The van der Waals surface area contributed by atoms with E-state index in [1.54, 1.807) is 24.3 Å². The number of hydrogen-bond donors (Lipinski definition) is 2. The maximum Gasteiger partial charge on any atom is 0.251 e. The molecule has 0 heterocycles. The fourth-order valence-corrected chi connectivity index (χ4v) is 3.89. The van der Waals surface area contributed by atoms with E-state index in [1.165, 1.54) is 12.8 Å². The van der Waals surface area contributed by atoms with Gasteiger partial charge in [0.05, 0.1) is 0 Å². The number of amides is 2. The summed E-state index contributed by atoms with van der Waals surface area (Å²) in [5.41, 5.74) is 6.19. The lowest BCUT2D eigenvalue weighted by Crippen LogP contribution is -2.39. The highest BCUT2D eigenvalue weighted by Gasteiger charge is 2.23. The van der Waals surface area contributed by atoms with Gasteiger partial charge in [0.15, 0.2) is 0 Å². The van der Waals surface area contributed by atoms with E-state index in [-0.39, 0.29) is 11.9 Å². The molecular formula is C16H22N2O2S. The molecule has 114 valence electrons. The van der Waals surface area contributed by atoms with E-state index in [1.807, 2.05) is 11.8 Å². The van der Waals surface area contributed by atoms with Crippen molar-refractivity contribution >= 4 is 23.6 Å². The SMILES string of the molecule is CCS[C@H]1CCC[C@H](NC(=O)c2ccc(C(N)=O)cc2)C1. The molecule has 0 radical (unpaired) electrons.